The Morgan fingerprint density at radius 1 is 1.02 bits per heavy atom. The molecule has 4 aromatic rings. The van der Waals surface area contributed by atoms with E-state index in [9.17, 15) is 27.6 Å². The van der Waals surface area contributed by atoms with Gasteiger partial charge in [0.15, 0.2) is 5.17 Å². The number of nitrogens with zero attached hydrogens (tertiary/aromatic N) is 4. The largest absolute Gasteiger partial charge is 0.573 e. The van der Waals surface area contributed by atoms with Gasteiger partial charge in [-0.2, -0.15) is 10.1 Å². The van der Waals surface area contributed by atoms with Crippen LogP contribution in [0.3, 0.4) is 0 Å². The van der Waals surface area contributed by atoms with Gasteiger partial charge in [-0.1, -0.05) is 49.3 Å². The number of amides is 4. The van der Waals surface area contributed by atoms with Gasteiger partial charge < -0.3 is 15.4 Å². The molecule has 4 amide bonds. The van der Waals surface area contributed by atoms with Crippen molar-refractivity contribution < 1.29 is 32.3 Å². The normalized spacial score (nSPS) is 14.2. The van der Waals surface area contributed by atoms with Crippen LogP contribution >= 0.6 is 23.4 Å². The Hall–Kier alpha value is -4.82. The SMILES string of the molecule is Cc1ccc(C(C)C)c(N2C(=O)CS/C2=N\C(=O)Nc2ccc(-n3nc(C)c(NC(=O)c4ccc(OC(F)(F)F)cc4)c3C)cc2Cl)c1. The number of aliphatic imine (C=N–C) groups is 1. The van der Waals surface area contributed by atoms with Crippen LogP contribution < -0.4 is 20.3 Å². The summed E-state index contributed by atoms with van der Waals surface area (Å²) in [6.45, 7) is 9.40. The van der Waals surface area contributed by atoms with E-state index >= 15 is 0 Å². The fraction of sp³-hybridized carbons (Fsp3) is 0.242. The average Bonchev–Trinajstić information content (AvgIpc) is 3.50. The van der Waals surface area contributed by atoms with Crippen molar-refractivity contribution in [3.8, 4) is 11.4 Å². The molecular formula is C33H30ClF3N6O4S. The Balaban J connectivity index is 1.31. The zero-order chi connectivity index (χ0) is 34.9. The highest BCUT2D eigenvalue weighted by molar-refractivity contribution is 8.15. The van der Waals surface area contributed by atoms with E-state index in [0.29, 0.717) is 28.5 Å². The Labute approximate surface area is 283 Å². The number of aromatic nitrogens is 2. The summed E-state index contributed by atoms with van der Waals surface area (Å²) in [7, 11) is 0. The number of nitrogens with one attached hydrogen (secondary N) is 2. The number of hydrogen-bond donors (Lipinski definition) is 2. The highest BCUT2D eigenvalue weighted by Crippen LogP contribution is 2.35. The van der Waals surface area contributed by atoms with Gasteiger partial charge in [-0.05, 0) is 86.3 Å². The third-order valence-electron chi connectivity index (χ3n) is 7.33. The number of halogens is 4. The van der Waals surface area contributed by atoms with Gasteiger partial charge >= 0.3 is 12.4 Å². The van der Waals surface area contributed by atoms with Crippen LogP contribution in [-0.2, 0) is 4.79 Å². The van der Waals surface area contributed by atoms with E-state index in [-0.39, 0.29) is 39.0 Å². The van der Waals surface area contributed by atoms with Gasteiger partial charge in [0.2, 0.25) is 5.91 Å². The lowest BCUT2D eigenvalue weighted by atomic mass is 9.99. The number of benzene rings is 3. The molecular weight excluding hydrogens is 669 g/mol. The van der Waals surface area contributed by atoms with Crippen molar-refractivity contribution in [3.63, 3.8) is 0 Å². The minimum atomic E-state index is -4.84. The molecule has 250 valence electrons. The molecule has 48 heavy (non-hydrogen) atoms. The van der Waals surface area contributed by atoms with Crippen molar-refractivity contribution in [2.24, 2.45) is 4.99 Å². The monoisotopic (exact) mass is 698 g/mol. The Bertz CT molecular complexity index is 1940. The molecule has 1 fully saturated rings. The molecule has 0 bridgehead atoms. The van der Waals surface area contributed by atoms with Crippen molar-refractivity contribution in [1.29, 1.82) is 0 Å². The second-order valence-electron chi connectivity index (χ2n) is 11.2. The van der Waals surface area contributed by atoms with E-state index in [1.165, 1.54) is 28.8 Å². The Kier molecular flexibility index (Phi) is 9.87. The standard InChI is InChI=1S/C33H30ClF3N6O4S/c1-17(2)24-12-6-18(3)14-27(24)42-28(44)16-48-32(42)40-31(46)38-26-13-9-22(15-25(26)34)43-20(5)29(19(4)41-43)39-30(45)21-7-10-23(11-8-21)47-33(35,36)37/h6-15,17H,16H2,1-5H3,(H,38,46)(H,39,45)/b40-32-. The number of urea groups is 1. The van der Waals surface area contributed by atoms with Crippen molar-refractivity contribution in [2.75, 3.05) is 21.3 Å². The third-order valence-corrected chi connectivity index (χ3v) is 8.57. The number of alkyl halides is 3. The molecule has 0 aliphatic carbocycles. The molecule has 0 atom stereocenters. The first kappa shape index (κ1) is 34.5. The number of hydrogen-bond acceptors (Lipinski definition) is 6. The molecule has 0 unspecified atom stereocenters. The zero-order valence-corrected chi connectivity index (χ0v) is 28.0. The van der Waals surface area contributed by atoms with Crippen LogP contribution in [0.1, 0.15) is 52.6 Å². The topological polar surface area (TPSA) is 118 Å². The van der Waals surface area contributed by atoms with Crippen LogP contribution in [0.15, 0.2) is 65.7 Å². The molecule has 2 N–H and O–H groups in total. The van der Waals surface area contributed by atoms with Crippen LogP contribution in [0.2, 0.25) is 5.02 Å². The van der Waals surface area contributed by atoms with Crippen molar-refractivity contribution in [3.05, 3.63) is 93.8 Å². The van der Waals surface area contributed by atoms with Gasteiger partial charge in [0.1, 0.15) is 5.75 Å². The molecule has 3 aromatic carbocycles. The predicted molar refractivity (Wildman–Crippen MR) is 181 cm³/mol. The maximum Gasteiger partial charge on any atom is 0.573 e. The summed E-state index contributed by atoms with van der Waals surface area (Å²) in [6, 6.07) is 14.5. The molecule has 0 spiro atoms. The van der Waals surface area contributed by atoms with Crippen LogP contribution in [0.25, 0.3) is 5.69 Å². The smallest absolute Gasteiger partial charge is 0.406 e. The van der Waals surface area contributed by atoms with E-state index in [2.05, 4.69) is 25.5 Å². The maximum atomic E-state index is 13.0. The van der Waals surface area contributed by atoms with Gasteiger partial charge in [0, 0.05) is 5.56 Å². The minimum absolute atomic E-state index is 0.116. The maximum absolute atomic E-state index is 13.0. The second kappa shape index (κ2) is 13.7. The molecule has 1 saturated heterocycles. The lowest BCUT2D eigenvalue weighted by Crippen LogP contribution is -2.31. The number of anilines is 3. The van der Waals surface area contributed by atoms with E-state index in [4.69, 9.17) is 11.6 Å². The molecule has 1 aliphatic heterocycles. The van der Waals surface area contributed by atoms with Gasteiger partial charge in [-0.25, -0.2) is 9.48 Å². The summed E-state index contributed by atoms with van der Waals surface area (Å²) in [5.41, 5.74) is 4.99. The summed E-state index contributed by atoms with van der Waals surface area (Å²) in [5.74, 6) is -0.874. The van der Waals surface area contributed by atoms with Gasteiger partial charge in [0.05, 0.1) is 44.9 Å². The number of rotatable bonds is 7. The van der Waals surface area contributed by atoms with Crippen LogP contribution in [0.4, 0.5) is 35.0 Å². The summed E-state index contributed by atoms with van der Waals surface area (Å²) in [4.78, 5) is 44.4. The van der Waals surface area contributed by atoms with E-state index in [1.807, 2.05) is 39.0 Å². The Morgan fingerprint density at radius 3 is 2.38 bits per heavy atom. The highest BCUT2D eigenvalue weighted by atomic mass is 35.5. The number of carbonyl (C=O) groups is 3. The first-order chi connectivity index (χ1) is 22.6. The summed E-state index contributed by atoms with van der Waals surface area (Å²) in [6.07, 6.45) is -4.84. The summed E-state index contributed by atoms with van der Waals surface area (Å²) in [5, 5.41) is 10.4. The molecule has 2 heterocycles. The third kappa shape index (κ3) is 7.66. The zero-order valence-electron chi connectivity index (χ0n) is 26.4. The summed E-state index contributed by atoms with van der Waals surface area (Å²) >= 11 is 7.73. The number of aryl methyl sites for hydroxylation is 2. The van der Waals surface area contributed by atoms with Gasteiger partial charge in [-0.15, -0.1) is 13.2 Å². The lowest BCUT2D eigenvalue weighted by molar-refractivity contribution is -0.274. The summed E-state index contributed by atoms with van der Waals surface area (Å²) < 4.78 is 42.8. The van der Waals surface area contributed by atoms with E-state index < -0.39 is 24.1 Å². The average molecular weight is 699 g/mol. The predicted octanol–water partition coefficient (Wildman–Crippen LogP) is 8.39. The molecule has 5 rings (SSSR count). The van der Waals surface area contributed by atoms with Gasteiger partial charge in [-0.3, -0.25) is 14.5 Å². The van der Waals surface area contributed by atoms with Crippen LogP contribution in [0.5, 0.6) is 5.75 Å². The van der Waals surface area contributed by atoms with Crippen LogP contribution in [-0.4, -0.2) is 44.9 Å². The molecule has 1 aliphatic rings. The number of thioether (sulfide) groups is 1. The lowest BCUT2D eigenvalue weighted by Gasteiger charge is -2.22. The Morgan fingerprint density at radius 2 is 1.73 bits per heavy atom. The molecule has 15 heteroatoms. The van der Waals surface area contributed by atoms with Crippen molar-refractivity contribution in [1.82, 2.24) is 9.78 Å². The van der Waals surface area contributed by atoms with E-state index in [1.54, 1.807) is 36.7 Å². The number of ether oxygens (including phenoxy) is 1. The quantitative estimate of drug-likeness (QED) is 0.200. The first-order valence-electron chi connectivity index (χ1n) is 14.6. The molecule has 10 nitrogen and oxygen atoms in total. The van der Waals surface area contributed by atoms with E-state index in [0.717, 1.165) is 23.3 Å². The fourth-order valence-corrected chi connectivity index (χ4v) is 6.13. The highest BCUT2D eigenvalue weighted by Gasteiger charge is 2.33. The van der Waals surface area contributed by atoms with Crippen molar-refractivity contribution in [2.45, 2.75) is 46.9 Å². The minimum Gasteiger partial charge on any atom is -0.406 e. The van der Waals surface area contributed by atoms with Gasteiger partial charge in [0.25, 0.3) is 5.91 Å². The molecule has 0 radical (unpaired) electrons. The second-order valence-corrected chi connectivity index (χ2v) is 12.6. The van der Waals surface area contributed by atoms with Crippen LogP contribution in [0, 0.1) is 20.8 Å². The molecule has 1 aromatic heterocycles. The first-order valence-corrected chi connectivity index (χ1v) is 16.0. The fourth-order valence-electron chi connectivity index (χ4n) is 5.05. The molecule has 0 saturated carbocycles. The number of amidine groups is 1. The number of carbonyl (C=O) groups excluding carboxylic acids is 3. The van der Waals surface area contributed by atoms with Crippen molar-refractivity contribution >= 4 is 63.4 Å².